The average molecular weight is 316 g/mol. The van der Waals surface area contributed by atoms with Crippen LogP contribution in [-0.4, -0.2) is 20.9 Å². The van der Waals surface area contributed by atoms with Crippen LogP contribution in [0.15, 0.2) is 17.0 Å². The van der Waals surface area contributed by atoms with Gasteiger partial charge in [0.2, 0.25) is 10.0 Å². The Balaban J connectivity index is 3.04. The SMILES string of the molecule is Cc1c(F)cc(C(=O)NCC(C)C(C)C)cc1S(N)(=O)=O. The van der Waals surface area contributed by atoms with Crippen LogP contribution in [0.2, 0.25) is 0 Å². The lowest BCUT2D eigenvalue weighted by Gasteiger charge is -2.16. The van der Waals surface area contributed by atoms with Gasteiger partial charge in [-0.3, -0.25) is 4.79 Å². The summed E-state index contributed by atoms with van der Waals surface area (Å²) in [4.78, 5) is 11.6. The lowest BCUT2D eigenvalue weighted by molar-refractivity contribution is 0.0944. The van der Waals surface area contributed by atoms with Crippen molar-refractivity contribution in [2.24, 2.45) is 17.0 Å². The lowest BCUT2D eigenvalue weighted by atomic mass is 9.98. The molecule has 118 valence electrons. The summed E-state index contributed by atoms with van der Waals surface area (Å²) in [6.45, 7) is 7.77. The van der Waals surface area contributed by atoms with Gasteiger partial charge in [-0.15, -0.1) is 0 Å². The second-order valence-corrected chi connectivity index (χ2v) is 7.09. The van der Waals surface area contributed by atoms with Crippen LogP contribution < -0.4 is 10.5 Å². The maximum Gasteiger partial charge on any atom is 0.251 e. The number of nitrogens with two attached hydrogens (primary N) is 1. The third-order valence-corrected chi connectivity index (χ3v) is 4.63. The van der Waals surface area contributed by atoms with Crippen molar-refractivity contribution in [1.29, 1.82) is 0 Å². The van der Waals surface area contributed by atoms with Crippen molar-refractivity contribution in [3.63, 3.8) is 0 Å². The van der Waals surface area contributed by atoms with Gasteiger partial charge in [0.1, 0.15) is 5.82 Å². The fourth-order valence-corrected chi connectivity index (χ4v) is 2.49. The van der Waals surface area contributed by atoms with Gasteiger partial charge in [0.25, 0.3) is 5.91 Å². The number of carbonyl (C=O) groups is 1. The normalized spacial score (nSPS) is 13.3. The zero-order valence-electron chi connectivity index (χ0n) is 12.6. The third-order valence-electron chi connectivity index (χ3n) is 3.59. The van der Waals surface area contributed by atoms with Crippen LogP contribution in [0.25, 0.3) is 0 Å². The fraction of sp³-hybridized carbons (Fsp3) is 0.500. The number of hydrogen-bond donors (Lipinski definition) is 2. The zero-order valence-corrected chi connectivity index (χ0v) is 13.4. The van der Waals surface area contributed by atoms with E-state index in [0.29, 0.717) is 12.5 Å². The van der Waals surface area contributed by atoms with Crippen molar-refractivity contribution in [2.75, 3.05) is 6.54 Å². The molecule has 1 atom stereocenters. The van der Waals surface area contributed by atoms with Crippen LogP contribution in [0.3, 0.4) is 0 Å². The quantitative estimate of drug-likeness (QED) is 0.868. The Kier molecular flexibility index (Phi) is 5.47. The summed E-state index contributed by atoms with van der Waals surface area (Å²) in [7, 11) is -4.08. The molecule has 0 aliphatic carbocycles. The van der Waals surface area contributed by atoms with Crippen molar-refractivity contribution < 1.29 is 17.6 Å². The van der Waals surface area contributed by atoms with E-state index < -0.39 is 21.7 Å². The summed E-state index contributed by atoms with van der Waals surface area (Å²) in [6.07, 6.45) is 0. The minimum atomic E-state index is -4.08. The van der Waals surface area contributed by atoms with Gasteiger partial charge in [-0.2, -0.15) is 0 Å². The molecule has 0 aromatic heterocycles. The molecule has 3 N–H and O–H groups in total. The number of benzene rings is 1. The van der Waals surface area contributed by atoms with E-state index >= 15 is 0 Å². The first kappa shape index (κ1) is 17.6. The number of hydrogen-bond acceptors (Lipinski definition) is 3. The molecule has 0 saturated heterocycles. The van der Waals surface area contributed by atoms with E-state index in [9.17, 15) is 17.6 Å². The number of amides is 1. The first-order valence-corrected chi connectivity index (χ1v) is 8.19. The number of rotatable bonds is 5. The number of primary sulfonamides is 1. The van der Waals surface area contributed by atoms with Crippen LogP contribution in [0.1, 0.15) is 36.7 Å². The lowest BCUT2D eigenvalue weighted by Crippen LogP contribution is -2.30. The molecule has 0 spiro atoms. The molecular weight excluding hydrogens is 295 g/mol. The van der Waals surface area contributed by atoms with Crippen molar-refractivity contribution >= 4 is 15.9 Å². The smallest absolute Gasteiger partial charge is 0.251 e. The number of halogens is 1. The molecule has 1 amide bonds. The van der Waals surface area contributed by atoms with Crippen LogP contribution >= 0.6 is 0 Å². The van der Waals surface area contributed by atoms with Crippen molar-refractivity contribution in [1.82, 2.24) is 5.32 Å². The van der Waals surface area contributed by atoms with Crippen molar-refractivity contribution in [2.45, 2.75) is 32.6 Å². The summed E-state index contributed by atoms with van der Waals surface area (Å²) in [5, 5.41) is 7.70. The molecule has 1 unspecified atom stereocenters. The van der Waals surface area contributed by atoms with E-state index in [2.05, 4.69) is 5.32 Å². The Labute approximate surface area is 124 Å². The number of nitrogens with one attached hydrogen (secondary N) is 1. The summed E-state index contributed by atoms with van der Waals surface area (Å²) in [5.74, 6) is -0.656. The molecule has 0 bridgehead atoms. The van der Waals surface area contributed by atoms with E-state index in [1.807, 2.05) is 20.8 Å². The molecule has 7 heteroatoms. The second-order valence-electron chi connectivity index (χ2n) is 5.56. The molecular formula is C14H21FN2O3S. The van der Waals surface area contributed by atoms with Gasteiger partial charge in [0.15, 0.2) is 0 Å². The zero-order chi connectivity index (χ0) is 16.4. The molecule has 0 saturated carbocycles. The topological polar surface area (TPSA) is 89.3 Å². The van der Waals surface area contributed by atoms with Gasteiger partial charge in [-0.25, -0.2) is 17.9 Å². The van der Waals surface area contributed by atoms with Crippen LogP contribution in [0.5, 0.6) is 0 Å². The van der Waals surface area contributed by atoms with E-state index in [0.717, 1.165) is 12.1 Å². The van der Waals surface area contributed by atoms with Crippen LogP contribution in [-0.2, 0) is 10.0 Å². The highest BCUT2D eigenvalue weighted by molar-refractivity contribution is 7.89. The Hall–Kier alpha value is -1.47. The Bertz CT molecular complexity index is 642. The third kappa shape index (κ3) is 4.50. The van der Waals surface area contributed by atoms with E-state index in [4.69, 9.17) is 5.14 Å². The maximum absolute atomic E-state index is 13.8. The average Bonchev–Trinajstić information content (AvgIpc) is 2.36. The molecule has 1 aromatic carbocycles. The van der Waals surface area contributed by atoms with Gasteiger partial charge in [-0.05, 0) is 30.9 Å². The fourth-order valence-electron chi connectivity index (χ4n) is 1.67. The Morgan fingerprint density at radius 2 is 1.90 bits per heavy atom. The van der Waals surface area contributed by atoms with Gasteiger partial charge >= 0.3 is 0 Å². The van der Waals surface area contributed by atoms with Gasteiger partial charge in [0, 0.05) is 17.7 Å². The molecule has 5 nitrogen and oxygen atoms in total. The predicted molar refractivity (Wildman–Crippen MR) is 78.8 cm³/mol. The van der Waals surface area contributed by atoms with Gasteiger partial charge in [0.05, 0.1) is 4.90 Å². The van der Waals surface area contributed by atoms with Crippen molar-refractivity contribution in [3.8, 4) is 0 Å². The Morgan fingerprint density at radius 1 is 1.33 bits per heavy atom. The predicted octanol–water partition coefficient (Wildman–Crippen LogP) is 1.80. The first-order valence-electron chi connectivity index (χ1n) is 6.65. The molecule has 1 aromatic rings. The van der Waals surface area contributed by atoms with Crippen LogP contribution in [0, 0.1) is 24.6 Å². The van der Waals surface area contributed by atoms with Gasteiger partial charge in [-0.1, -0.05) is 20.8 Å². The highest BCUT2D eigenvalue weighted by atomic mass is 32.2. The molecule has 0 aliphatic heterocycles. The largest absolute Gasteiger partial charge is 0.352 e. The summed E-state index contributed by atoms with van der Waals surface area (Å²) in [5.41, 5.74) is -0.150. The standard InChI is InChI=1S/C14H21FN2O3S/c1-8(2)9(3)7-17-14(18)11-5-12(15)10(4)13(6-11)21(16,19)20/h5-6,8-9H,7H2,1-4H3,(H,17,18)(H2,16,19,20). The van der Waals surface area contributed by atoms with E-state index in [1.54, 1.807) is 0 Å². The highest BCUT2D eigenvalue weighted by Gasteiger charge is 2.19. The minimum Gasteiger partial charge on any atom is -0.352 e. The summed E-state index contributed by atoms with van der Waals surface area (Å²) < 4.78 is 36.6. The van der Waals surface area contributed by atoms with Gasteiger partial charge < -0.3 is 5.32 Å². The maximum atomic E-state index is 13.8. The summed E-state index contributed by atoms with van der Waals surface area (Å²) in [6, 6.07) is 2.11. The molecule has 0 aliphatic rings. The second kappa shape index (κ2) is 6.53. The van der Waals surface area contributed by atoms with Crippen molar-refractivity contribution in [3.05, 3.63) is 29.1 Å². The molecule has 0 radical (unpaired) electrons. The molecule has 1 rings (SSSR count). The highest BCUT2D eigenvalue weighted by Crippen LogP contribution is 2.19. The monoisotopic (exact) mass is 316 g/mol. The summed E-state index contributed by atoms with van der Waals surface area (Å²) >= 11 is 0. The molecule has 0 fully saturated rings. The molecule has 0 heterocycles. The van der Waals surface area contributed by atoms with E-state index in [1.165, 1.54) is 6.92 Å². The molecule has 21 heavy (non-hydrogen) atoms. The van der Waals surface area contributed by atoms with Crippen LogP contribution in [0.4, 0.5) is 4.39 Å². The first-order chi connectivity index (χ1) is 9.54. The number of carbonyl (C=O) groups excluding carboxylic acids is 1. The number of sulfonamides is 1. The minimum absolute atomic E-state index is 0.0573. The van der Waals surface area contributed by atoms with E-state index in [-0.39, 0.29) is 21.9 Å². The Morgan fingerprint density at radius 3 is 2.38 bits per heavy atom.